The topological polar surface area (TPSA) is 326 Å². The predicted molar refractivity (Wildman–Crippen MR) is 274 cm³/mol. The molecule has 0 radical (unpaired) electrons. The molecular weight excluding hydrogens is 960 g/mol. The van der Waals surface area contributed by atoms with E-state index in [1.807, 2.05) is 0 Å². The highest BCUT2D eigenvalue weighted by Gasteiger charge is 2.33. The van der Waals surface area contributed by atoms with Gasteiger partial charge in [-0.15, -0.1) is 0 Å². The second kappa shape index (κ2) is 24.8. The van der Waals surface area contributed by atoms with Crippen LogP contribution in [0, 0.1) is 0 Å². The molecule has 0 bridgehead atoms. The van der Waals surface area contributed by atoms with Gasteiger partial charge in [0.2, 0.25) is 11.1 Å². The van der Waals surface area contributed by atoms with Crippen molar-refractivity contribution in [2.75, 3.05) is 49.6 Å². The van der Waals surface area contributed by atoms with E-state index in [9.17, 15) is 28.8 Å². The van der Waals surface area contributed by atoms with Gasteiger partial charge in [-0.3, -0.25) is 28.8 Å². The number of nitrogens with one attached hydrogen (secondary N) is 3. The number of pyridine rings is 2. The van der Waals surface area contributed by atoms with E-state index in [-0.39, 0.29) is 40.8 Å². The molecule has 2 aliphatic rings. The third kappa shape index (κ3) is 13.1. The van der Waals surface area contributed by atoms with Crippen LogP contribution in [0.1, 0.15) is 104 Å². The monoisotopic (exact) mass is 1010 g/mol. The van der Waals surface area contributed by atoms with E-state index < -0.39 is 23.1 Å². The molecule has 6 heterocycles. The largest absolute Gasteiger partial charge is 0.497 e. The van der Waals surface area contributed by atoms with E-state index in [2.05, 4.69) is 49.0 Å². The summed E-state index contributed by atoms with van der Waals surface area (Å²) >= 11 is 4.71. The number of rotatable bonds is 14. The summed E-state index contributed by atoms with van der Waals surface area (Å²) < 4.78 is 12.7. The van der Waals surface area contributed by atoms with Gasteiger partial charge in [0.05, 0.1) is 26.3 Å². The van der Waals surface area contributed by atoms with Gasteiger partial charge >= 0.3 is 0 Å². The van der Waals surface area contributed by atoms with Crippen LogP contribution in [0.25, 0.3) is 22.5 Å². The first kappa shape index (κ1) is 53.5. The number of hydrogen-bond donors (Lipinski definition) is 7. The fourth-order valence-electron chi connectivity index (χ4n) is 8.06. The molecule has 2 atom stereocenters. The van der Waals surface area contributed by atoms with Crippen LogP contribution < -0.4 is 48.6 Å². The average Bonchev–Trinajstić information content (AvgIpc) is 3.95. The number of likely N-dealkylation sites (tertiary alicyclic amines) is 1. The summed E-state index contributed by atoms with van der Waals surface area (Å²) in [6.07, 6.45) is 10.8. The number of methoxy groups -OCH3 is 2. The molecule has 6 aromatic rings. The minimum atomic E-state index is -0.755. The Morgan fingerprint density at radius 1 is 0.685 bits per heavy atom. The van der Waals surface area contributed by atoms with Crippen LogP contribution in [0.2, 0.25) is 0 Å². The summed E-state index contributed by atoms with van der Waals surface area (Å²) in [5, 5.41) is 8.31. The number of anilines is 2. The zero-order valence-electron chi connectivity index (χ0n) is 40.0. The van der Waals surface area contributed by atoms with Crippen LogP contribution in [-0.4, -0.2) is 96.3 Å². The number of allylic oxidation sites excluding steroid dienone is 1. The van der Waals surface area contributed by atoms with Gasteiger partial charge in [0, 0.05) is 53.3 Å². The zero-order valence-corrected chi connectivity index (χ0v) is 40.8. The van der Waals surface area contributed by atoms with E-state index >= 15 is 0 Å². The number of benzene rings is 2. The van der Waals surface area contributed by atoms with E-state index in [0.717, 1.165) is 49.4 Å². The minimum Gasteiger partial charge on any atom is -0.497 e. The fourth-order valence-corrected chi connectivity index (χ4v) is 8.06. The SMILES string of the molecule is C=CC(=O)Cl.C=CC(=O)N1CCCC[C@H]1c1nc(-c2ccc(C(=O)Nc3cc(OC)ccn3)cc2)c(C(N)=O)n1N.COc1ccnc(NC(=O)c2ccc(-c3nc([C@@H]4CCCCN4)n(N)c3C(N)=O)cc2)c1. The van der Waals surface area contributed by atoms with Gasteiger partial charge in [0.1, 0.15) is 40.3 Å². The Bertz CT molecular complexity index is 3000. The third-order valence-electron chi connectivity index (χ3n) is 11.6. The lowest BCUT2D eigenvalue weighted by molar-refractivity contribution is -0.130. The van der Waals surface area contributed by atoms with E-state index in [1.165, 1.54) is 24.1 Å². The molecule has 73 heavy (non-hydrogen) atoms. The highest BCUT2D eigenvalue weighted by molar-refractivity contribution is 6.66. The van der Waals surface area contributed by atoms with Gasteiger partial charge in [0.25, 0.3) is 23.6 Å². The van der Waals surface area contributed by atoms with Crippen molar-refractivity contribution in [1.29, 1.82) is 0 Å². The molecule has 5 amide bonds. The Labute approximate surface area is 424 Å². The molecule has 380 valence electrons. The molecule has 22 nitrogen and oxygen atoms in total. The number of piperidine rings is 2. The van der Waals surface area contributed by atoms with Crippen molar-refractivity contribution in [3.05, 3.63) is 145 Å². The highest BCUT2D eigenvalue weighted by atomic mass is 35.5. The molecule has 2 aliphatic heterocycles. The van der Waals surface area contributed by atoms with Crippen LogP contribution in [0.3, 0.4) is 0 Å². The van der Waals surface area contributed by atoms with Crippen molar-refractivity contribution in [3.8, 4) is 34.0 Å². The summed E-state index contributed by atoms with van der Waals surface area (Å²) in [6, 6.07) is 19.3. The number of nitrogens with zero attached hydrogens (tertiary/aromatic N) is 7. The third-order valence-corrected chi connectivity index (χ3v) is 11.8. The van der Waals surface area contributed by atoms with Crippen molar-refractivity contribution in [2.45, 2.75) is 50.6 Å². The maximum absolute atomic E-state index is 12.7. The number of amides is 5. The Hall–Kier alpha value is -8.89. The smallest absolute Gasteiger partial charge is 0.269 e. The van der Waals surface area contributed by atoms with Gasteiger partial charge in [-0.25, -0.2) is 29.3 Å². The molecule has 23 heteroatoms. The molecule has 4 aromatic heterocycles. The predicted octanol–water partition coefficient (Wildman–Crippen LogP) is 5.03. The van der Waals surface area contributed by atoms with Gasteiger partial charge in [-0.05, 0) is 98.8 Å². The lowest BCUT2D eigenvalue weighted by atomic mass is 10.0. The Morgan fingerprint density at radius 3 is 1.58 bits per heavy atom. The highest BCUT2D eigenvalue weighted by Crippen LogP contribution is 2.34. The fraction of sp³-hybridized carbons (Fsp3) is 0.240. The number of imidazole rings is 2. The number of carbonyl (C=O) groups excluding carboxylic acids is 6. The number of hydrogen-bond acceptors (Lipinski definition) is 15. The van der Waals surface area contributed by atoms with Crippen molar-refractivity contribution in [1.82, 2.24) is 39.5 Å². The second-order valence-electron chi connectivity index (χ2n) is 16.3. The van der Waals surface area contributed by atoms with Gasteiger partial charge in [-0.1, -0.05) is 43.8 Å². The standard InChI is InChI=1S/C25H27N7O4.C22H25N7O3.C3H3ClO/c1-3-20(33)31-13-5-4-6-18(31)24-30-21(22(23(26)34)32(24)27)15-7-9-16(10-8-15)25(35)29-19-14-17(36-2)11-12-28-19;1-32-15-9-11-26-17(12-15)27-22(31)14-7-5-13(6-8-14)18-19(20(23)30)29(24)21(28-18)16-4-2-3-10-25-16;1-2-3(4)5/h3,7-12,14,18H,1,4-6,13,27H2,2H3,(H2,26,34)(H,28,29,35);5-9,11-12,16,25H,2-4,10,24H2,1H3,(H2,23,30)(H,26,27,31);2H,1H2/t18-;16-;/m00./s1. The number of carbonyl (C=O) groups is 6. The summed E-state index contributed by atoms with van der Waals surface area (Å²) in [5.74, 6) is 12.9. The number of nitrogen functional groups attached to an aromatic ring is 2. The Balaban J connectivity index is 0.000000219. The molecule has 8 rings (SSSR count). The molecule has 0 aliphatic carbocycles. The zero-order chi connectivity index (χ0) is 52.8. The first-order chi connectivity index (χ1) is 35.1. The Morgan fingerprint density at radius 2 is 1.15 bits per heavy atom. The van der Waals surface area contributed by atoms with Crippen LogP contribution >= 0.6 is 11.6 Å². The summed E-state index contributed by atoms with van der Waals surface area (Å²) in [7, 11) is 3.07. The van der Waals surface area contributed by atoms with Crippen LogP contribution in [0.4, 0.5) is 11.6 Å². The lowest BCUT2D eigenvalue weighted by Gasteiger charge is -2.34. The number of nitrogens with two attached hydrogens (primary N) is 4. The number of aromatic nitrogens is 6. The molecular formula is C50H55ClN14O8. The first-order valence-electron chi connectivity index (χ1n) is 22.8. The normalized spacial score (nSPS) is 14.9. The van der Waals surface area contributed by atoms with Crippen molar-refractivity contribution >= 4 is 58.0 Å². The maximum Gasteiger partial charge on any atom is 0.269 e. The van der Waals surface area contributed by atoms with Gasteiger partial charge in [0.15, 0.2) is 17.2 Å². The lowest BCUT2D eigenvalue weighted by Crippen LogP contribution is -2.39. The Kier molecular flexibility index (Phi) is 18.2. The number of halogens is 1. The first-order valence-corrected chi connectivity index (χ1v) is 23.1. The molecule has 0 spiro atoms. The van der Waals surface area contributed by atoms with Crippen LogP contribution in [0.5, 0.6) is 11.5 Å². The molecule has 2 aromatic carbocycles. The molecule has 2 fully saturated rings. The summed E-state index contributed by atoms with van der Waals surface area (Å²) in [4.78, 5) is 90.7. The van der Waals surface area contributed by atoms with Crippen LogP contribution in [0.15, 0.2) is 111 Å². The van der Waals surface area contributed by atoms with Gasteiger partial charge in [-0.2, -0.15) is 0 Å². The summed E-state index contributed by atoms with van der Waals surface area (Å²) in [6.45, 7) is 8.06. The van der Waals surface area contributed by atoms with Crippen molar-refractivity contribution < 1.29 is 38.2 Å². The van der Waals surface area contributed by atoms with E-state index in [4.69, 9.17) is 44.2 Å². The molecule has 11 N–H and O–H groups in total. The second-order valence-corrected chi connectivity index (χ2v) is 16.7. The van der Waals surface area contributed by atoms with Crippen LogP contribution in [-0.2, 0) is 9.59 Å². The number of primary amides is 2. The molecule has 2 saturated heterocycles. The van der Waals surface area contributed by atoms with E-state index in [1.54, 1.807) is 91.0 Å². The number of ether oxygens (including phenoxy) is 2. The van der Waals surface area contributed by atoms with Crippen molar-refractivity contribution in [2.24, 2.45) is 11.5 Å². The van der Waals surface area contributed by atoms with E-state index in [0.29, 0.717) is 75.7 Å². The van der Waals surface area contributed by atoms with Crippen molar-refractivity contribution in [3.63, 3.8) is 0 Å². The summed E-state index contributed by atoms with van der Waals surface area (Å²) in [5.41, 5.74) is 14.0. The maximum atomic E-state index is 12.7. The molecule has 0 unspecified atom stereocenters. The molecule has 0 saturated carbocycles. The average molecular weight is 1020 g/mol. The minimum absolute atomic E-state index is 0.0133. The quantitative estimate of drug-likeness (QED) is 0.0428. The van der Waals surface area contributed by atoms with Gasteiger partial charge < -0.3 is 53.5 Å².